The smallest absolute Gasteiger partial charge is 0.263 e. The third-order valence-electron chi connectivity index (χ3n) is 5.90. The molecule has 1 aliphatic rings. The number of ether oxygens (including phenoxy) is 3. The first-order chi connectivity index (χ1) is 17.7. The maximum atomic E-state index is 13.3. The van der Waals surface area contributed by atoms with Crippen LogP contribution in [0.25, 0.3) is 0 Å². The van der Waals surface area contributed by atoms with E-state index in [1.165, 1.54) is 31.8 Å². The van der Waals surface area contributed by atoms with Crippen molar-refractivity contribution in [3.8, 4) is 0 Å². The van der Waals surface area contributed by atoms with Crippen LogP contribution in [0.5, 0.6) is 0 Å². The van der Waals surface area contributed by atoms with Crippen LogP contribution >= 0.6 is 11.3 Å². The molecule has 0 spiro atoms. The summed E-state index contributed by atoms with van der Waals surface area (Å²) in [6.45, 7) is 3.66. The van der Waals surface area contributed by atoms with Crippen LogP contribution in [0.2, 0.25) is 0 Å². The maximum Gasteiger partial charge on any atom is 0.263 e. The Labute approximate surface area is 219 Å². The number of hydrogen-bond donors (Lipinski definition) is 3. The van der Waals surface area contributed by atoms with Crippen LogP contribution < -0.4 is 16.0 Å². The molecule has 1 saturated heterocycles. The van der Waals surface area contributed by atoms with Gasteiger partial charge in [0, 0.05) is 14.2 Å². The number of methoxy groups -OCH3 is 2. The minimum atomic E-state index is -1.12. The number of benzene rings is 1. The number of carbonyl (C=O) groups excluding carboxylic acids is 4. The van der Waals surface area contributed by atoms with Gasteiger partial charge in [0.15, 0.2) is 5.78 Å². The molecule has 2 heterocycles. The lowest BCUT2D eigenvalue weighted by atomic mass is 9.94. The monoisotopic (exact) mass is 532 g/mol. The summed E-state index contributed by atoms with van der Waals surface area (Å²) in [5.41, 5.74) is -0.0631. The average molecular weight is 533 g/mol. The molecule has 2 amide bonds. The number of rotatable bonds is 15. The van der Waals surface area contributed by atoms with Gasteiger partial charge in [-0.1, -0.05) is 30.3 Å². The molecule has 0 saturated carbocycles. The van der Waals surface area contributed by atoms with Crippen molar-refractivity contribution in [1.82, 2.24) is 20.9 Å². The quantitative estimate of drug-likeness (QED) is 0.168. The molecule has 37 heavy (non-hydrogen) atoms. The van der Waals surface area contributed by atoms with E-state index < -0.39 is 41.8 Å². The van der Waals surface area contributed by atoms with Gasteiger partial charge in [0.2, 0.25) is 5.91 Å². The maximum absolute atomic E-state index is 13.3. The van der Waals surface area contributed by atoms with Gasteiger partial charge in [-0.15, -0.1) is 11.3 Å². The summed E-state index contributed by atoms with van der Waals surface area (Å²) in [6.07, 6.45) is 1.15. The molecular weight excluding hydrogens is 500 g/mol. The molecule has 12 heteroatoms. The number of hydrogen-bond acceptors (Lipinski definition) is 10. The Kier molecular flexibility index (Phi) is 10.0. The largest absolute Gasteiger partial charge is 0.383 e. The van der Waals surface area contributed by atoms with E-state index in [2.05, 4.69) is 20.9 Å². The molecule has 200 valence electrons. The Morgan fingerprint density at radius 3 is 2.43 bits per heavy atom. The van der Waals surface area contributed by atoms with Crippen molar-refractivity contribution in [3.05, 3.63) is 52.0 Å². The first-order valence-electron chi connectivity index (χ1n) is 11.7. The van der Waals surface area contributed by atoms with Crippen LogP contribution in [-0.2, 0) is 35.0 Å². The highest BCUT2D eigenvalue weighted by Crippen LogP contribution is 2.29. The van der Waals surface area contributed by atoms with Gasteiger partial charge in [-0.3, -0.25) is 19.7 Å². The second kappa shape index (κ2) is 13.0. The molecule has 0 radical (unpaired) electrons. The molecule has 3 N–H and O–H groups in total. The standard InChI is InChI=1S/C25H32N4O7S/c1-15-26-11-20(37-15)23(33)28-18(12-30)24(35-4)29-19(13-34-3)22(32)27-17(21(31)25(2)14-36-25)10-16-8-6-5-7-9-16/h5-9,11-12,17-19,24,29H,10,13-14H2,1-4H3,(H,27,32)(H,28,33)/t17-,18+,19-,24?,25+/m0/s1. The molecule has 1 fully saturated rings. The van der Waals surface area contributed by atoms with Crippen molar-refractivity contribution in [3.63, 3.8) is 0 Å². The van der Waals surface area contributed by atoms with E-state index in [9.17, 15) is 19.2 Å². The van der Waals surface area contributed by atoms with Crippen molar-refractivity contribution in [2.24, 2.45) is 0 Å². The van der Waals surface area contributed by atoms with Crippen LogP contribution in [0.1, 0.15) is 27.2 Å². The number of aromatic nitrogens is 1. The van der Waals surface area contributed by atoms with Crippen molar-refractivity contribution < 1.29 is 33.4 Å². The summed E-state index contributed by atoms with van der Waals surface area (Å²) in [7, 11) is 2.76. The van der Waals surface area contributed by atoms with Crippen LogP contribution in [-0.4, -0.2) is 86.3 Å². The molecule has 1 aromatic heterocycles. The summed E-state index contributed by atoms with van der Waals surface area (Å²) in [6, 6.07) is 6.35. The molecule has 1 aliphatic heterocycles. The van der Waals surface area contributed by atoms with Gasteiger partial charge in [-0.25, -0.2) is 4.98 Å². The first-order valence-corrected chi connectivity index (χ1v) is 12.5. The SMILES string of the molecule is COC[C@H](NC(OC)[C@@H](C=O)NC(=O)c1cnc(C)s1)C(=O)N[C@@H](Cc1ccccc1)C(=O)[C@@]1(C)CO1. The zero-order valence-corrected chi connectivity index (χ0v) is 22.0. The van der Waals surface area contributed by atoms with E-state index in [1.807, 2.05) is 30.3 Å². The van der Waals surface area contributed by atoms with Crippen molar-refractivity contribution in [1.29, 1.82) is 0 Å². The zero-order chi connectivity index (χ0) is 27.0. The number of Topliss-reactive ketones (excluding diaryl/α,β-unsaturated/α-hetero) is 1. The Morgan fingerprint density at radius 1 is 1.19 bits per heavy atom. The van der Waals surface area contributed by atoms with Gasteiger partial charge < -0.3 is 29.6 Å². The van der Waals surface area contributed by atoms with Gasteiger partial charge in [0.25, 0.3) is 5.91 Å². The highest BCUT2D eigenvalue weighted by molar-refractivity contribution is 7.13. The first kappa shape index (κ1) is 28.5. The third-order valence-corrected chi connectivity index (χ3v) is 6.81. The average Bonchev–Trinajstić information content (AvgIpc) is 3.50. The molecule has 3 rings (SSSR count). The number of epoxide rings is 1. The summed E-state index contributed by atoms with van der Waals surface area (Å²) >= 11 is 1.19. The summed E-state index contributed by atoms with van der Waals surface area (Å²) < 4.78 is 15.9. The Bertz CT molecular complexity index is 1090. The number of ketones is 1. The van der Waals surface area contributed by atoms with E-state index >= 15 is 0 Å². The fourth-order valence-electron chi connectivity index (χ4n) is 3.70. The molecule has 2 aromatic rings. The molecule has 1 unspecified atom stereocenters. The van der Waals surface area contributed by atoms with Crippen LogP contribution in [0.15, 0.2) is 36.5 Å². The van der Waals surface area contributed by atoms with E-state index in [0.717, 1.165) is 5.56 Å². The number of aldehydes is 1. The van der Waals surface area contributed by atoms with Crippen molar-refractivity contribution in [2.45, 2.75) is 50.2 Å². The molecule has 11 nitrogen and oxygen atoms in total. The predicted octanol–water partition coefficient (Wildman–Crippen LogP) is 0.411. The minimum Gasteiger partial charge on any atom is -0.383 e. The lowest BCUT2D eigenvalue weighted by Crippen LogP contribution is -2.60. The Morgan fingerprint density at radius 2 is 1.89 bits per heavy atom. The minimum absolute atomic E-state index is 0.0841. The normalized spacial score (nSPS) is 19.8. The molecule has 0 bridgehead atoms. The van der Waals surface area contributed by atoms with Gasteiger partial charge in [-0.2, -0.15) is 0 Å². The number of thiazole rings is 1. The van der Waals surface area contributed by atoms with Crippen molar-refractivity contribution in [2.75, 3.05) is 27.4 Å². The number of carbonyl (C=O) groups is 4. The lowest BCUT2D eigenvalue weighted by molar-refractivity contribution is -0.133. The molecular formula is C25H32N4O7S. The van der Waals surface area contributed by atoms with E-state index in [4.69, 9.17) is 14.2 Å². The Hall–Kier alpha value is -3.03. The van der Waals surface area contributed by atoms with Crippen LogP contribution in [0.3, 0.4) is 0 Å². The number of nitrogens with zero attached hydrogens (tertiary/aromatic N) is 1. The third kappa shape index (κ3) is 7.73. The van der Waals surface area contributed by atoms with Crippen LogP contribution in [0, 0.1) is 6.92 Å². The fourth-order valence-corrected chi connectivity index (χ4v) is 4.38. The predicted molar refractivity (Wildman–Crippen MR) is 135 cm³/mol. The summed E-state index contributed by atoms with van der Waals surface area (Å²) in [5.74, 6) is -1.26. The van der Waals surface area contributed by atoms with Gasteiger partial charge >= 0.3 is 0 Å². The van der Waals surface area contributed by atoms with Crippen LogP contribution in [0.4, 0.5) is 0 Å². The molecule has 5 atom stereocenters. The topological polar surface area (TPSA) is 148 Å². The molecule has 0 aliphatic carbocycles. The highest BCUT2D eigenvalue weighted by atomic mass is 32.1. The second-order valence-electron chi connectivity index (χ2n) is 8.84. The second-order valence-corrected chi connectivity index (χ2v) is 10.1. The number of amides is 2. The Balaban J connectivity index is 1.72. The van der Waals surface area contributed by atoms with E-state index in [1.54, 1.807) is 13.8 Å². The van der Waals surface area contributed by atoms with Gasteiger partial charge in [0.1, 0.15) is 35.1 Å². The van der Waals surface area contributed by atoms with E-state index in [-0.39, 0.29) is 18.8 Å². The van der Waals surface area contributed by atoms with E-state index in [0.29, 0.717) is 22.8 Å². The van der Waals surface area contributed by atoms with Crippen molar-refractivity contribution >= 4 is 35.2 Å². The summed E-state index contributed by atoms with van der Waals surface area (Å²) in [4.78, 5) is 55.2. The number of aryl methyl sites for hydroxylation is 1. The fraction of sp³-hybridized carbons (Fsp3) is 0.480. The molecule has 1 aromatic carbocycles. The summed E-state index contributed by atoms with van der Waals surface area (Å²) in [5, 5.41) is 9.01. The van der Waals surface area contributed by atoms with Gasteiger partial charge in [-0.05, 0) is 25.8 Å². The number of nitrogens with one attached hydrogen (secondary N) is 3. The lowest BCUT2D eigenvalue weighted by Gasteiger charge is -2.29. The zero-order valence-electron chi connectivity index (χ0n) is 21.2. The van der Waals surface area contributed by atoms with Gasteiger partial charge in [0.05, 0.1) is 30.5 Å². The highest BCUT2D eigenvalue weighted by Gasteiger charge is 2.50.